The first-order valence-corrected chi connectivity index (χ1v) is 6.30. The molecular formula is C13H18BrNO3. The van der Waals surface area contributed by atoms with Crippen molar-refractivity contribution in [3.63, 3.8) is 0 Å². The van der Waals surface area contributed by atoms with E-state index in [0.717, 1.165) is 11.8 Å². The molecule has 1 aromatic carbocycles. The molecule has 0 saturated heterocycles. The molecule has 0 aromatic heterocycles. The second kappa shape index (κ2) is 5.71. The van der Waals surface area contributed by atoms with Gasteiger partial charge in [0.1, 0.15) is 0 Å². The van der Waals surface area contributed by atoms with Gasteiger partial charge in [0.2, 0.25) is 0 Å². The van der Waals surface area contributed by atoms with Gasteiger partial charge in [0, 0.05) is 15.6 Å². The fourth-order valence-corrected chi connectivity index (χ4v) is 2.38. The van der Waals surface area contributed by atoms with Crippen LogP contribution in [0.25, 0.3) is 0 Å². The highest BCUT2D eigenvalue weighted by Gasteiger charge is 2.22. The molecule has 0 aliphatic rings. The van der Waals surface area contributed by atoms with Crippen LogP contribution in [0, 0.1) is 0 Å². The van der Waals surface area contributed by atoms with Gasteiger partial charge in [0.05, 0.1) is 19.8 Å². The lowest BCUT2D eigenvalue weighted by Gasteiger charge is -2.22. The van der Waals surface area contributed by atoms with Gasteiger partial charge in [-0.15, -0.1) is 0 Å². The summed E-state index contributed by atoms with van der Waals surface area (Å²) in [5, 5.41) is 0. The monoisotopic (exact) mass is 315 g/mol. The van der Waals surface area contributed by atoms with Gasteiger partial charge < -0.3 is 15.2 Å². The van der Waals surface area contributed by atoms with Crippen molar-refractivity contribution in [3.8, 4) is 11.5 Å². The molecule has 0 aliphatic heterocycles. The highest BCUT2D eigenvalue weighted by molar-refractivity contribution is 9.10. The molecule has 100 valence electrons. The summed E-state index contributed by atoms with van der Waals surface area (Å²) in [6, 6.07) is 1.85. The Morgan fingerprint density at radius 2 is 1.89 bits per heavy atom. The summed E-state index contributed by atoms with van der Waals surface area (Å²) in [6.45, 7) is 3.86. The third-order valence-electron chi connectivity index (χ3n) is 2.47. The summed E-state index contributed by atoms with van der Waals surface area (Å²) in [5.41, 5.74) is 6.99. The van der Waals surface area contributed by atoms with Crippen LogP contribution in [0.4, 0.5) is 0 Å². The van der Waals surface area contributed by atoms with E-state index in [1.165, 1.54) is 7.11 Å². The Labute approximate surface area is 116 Å². The molecule has 1 aromatic rings. The van der Waals surface area contributed by atoms with Gasteiger partial charge in [-0.25, -0.2) is 0 Å². The summed E-state index contributed by atoms with van der Waals surface area (Å²) in [7, 11) is 3.06. The maximum absolute atomic E-state index is 11.1. The Bertz CT molecular complexity index is 453. The first-order chi connectivity index (χ1) is 8.34. The molecule has 0 radical (unpaired) electrons. The minimum Gasteiger partial charge on any atom is -0.493 e. The smallest absolute Gasteiger partial charge is 0.172 e. The van der Waals surface area contributed by atoms with Crippen molar-refractivity contribution < 1.29 is 14.3 Å². The maximum Gasteiger partial charge on any atom is 0.172 e. The highest BCUT2D eigenvalue weighted by Crippen LogP contribution is 2.39. The van der Waals surface area contributed by atoms with Gasteiger partial charge in [-0.1, -0.05) is 0 Å². The quantitative estimate of drug-likeness (QED) is 0.848. The van der Waals surface area contributed by atoms with Crippen LogP contribution in [0.3, 0.4) is 0 Å². The van der Waals surface area contributed by atoms with Crippen molar-refractivity contribution in [1.29, 1.82) is 0 Å². The minimum atomic E-state index is -0.375. The Kier molecular flexibility index (Phi) is 4.76. The van der Waals surface area contributed by atoms with Crippen molar-refractivity contribution in [2.24, 2.45) is 5.73 Å². The van der Waals surface area contributed by atoms with Crippen LogP contribution in [0.15, 0.2) is 10.5 Å². The average Bonchev–Trinajstić information content (AvgIpc) is 2.25. The van der Waals surface area contributed by atoms with E-state index in [1.807, 2.05) is 19.9 Å². The number of rotatable bonds is 5. The van der Waals surface area contributed by atoms with Crippen LogP contribution in [-0.4, -0.2) is 26.0 Å². The Morgan fingerprint density at radius 3 is 2.28 bits per heavy atom. The molecule has 1 rings (SSSR count). The van der Waals surface area contributed by atoms with Gasteiger partial charge in [-0.3, -0.25) is 4.79 Å². The van der Waals surface area contributed by atoms with Crippen molar-refractivity contribution in [2.45, 2.75) is 25.8 Å². The molecule has 5 heteroatoms. The topological polar surface area (TPSA) is 61.5 Å². The number of halogens is 1. The molecular weight excluding hydrogens is 298 g/mol. The van der Waals surface area contributed by atoms with E-state index in [1.54, 1.807) is 7.11 Å². The minimum absolute atomic E-state index is 0.375. The SMILES string of the molecule is COc1c(CC(C)(C)N)cc(Br)c(C=O)c1OC. The second-order valence-corrected chi connectivity index (χ2v) is 5.64. The molecule has 0 aliphatic carbocycles. The largest absolute Gasteiger partial charge is 0.493 e. The van der Waals surface area contributed by atoms with Crippen LogP contribution >= 0.6 is 15.9 Å². The van der Waals surface area contributed by atoms with E-state index >= 15 is 0 Å². The fraction of sp³-hybridized carbons (Fsp3) is 0.462. The third-order valence-corrected chi connectivity index (χ3v) is 3.13. The van der Waals surface area contributed by atoms with Crippen LogP contribution in [0.5, 0.6) is 11.5 Å². The van der Waals surface area contributed by atoms with Crippen molar-refractivity contribution >= 4 is 22.2 Å². The van der Waals surface area contributed by atoms with Crippen LogP contribution in [0.1, 0.15) is 29.8 Å². The number of aldehydes is 1. The lowest BCUT2D eigenvalue weighted by Crippen LogP contribution is -2.34. The lowest BCUT2D eigenvalue weighted by atomic mass is 9.94. The predicted octanol–water partition coefficient (Wildman–Crippen LogP) is 2.56. The second-order valence-electron chi connectivity index (χ2n) is 4.78. The number of hydrogen-bond donors (Lipinski definition) is 1. The van der Waals surface area contributed by atoms with Gasteiger partial charge >= 0.3 is 0 Å². The highest BCUT2D eigenvalue weighted by atomic mass is 79.9. The van der Waals surface area contributed by atoms with Crippen molar-refractivity contribution in [1.82, 2.24) is 0 Å². The zero-order valence-electron chi connectivity index (χ0n) is 11.0. The zero-order valence-corrected chi connectivity index (χ0v) is 12.6. The van der Waals surface area contributed by atoms with Crippen LogP contribution in [0.2, 0.25) is 0 Å². The molecule has 2 N–H and O–H groups in total. The third kappa shape index (κ3) is 3.23. The van der Waals surface area contributed by atoms with E-state index in [-0.39, 0.29) is 5.54 Å². The van der Waals surface area contributed by atoms with Crippen molar-refractivity contribution in [3.05, 3.63) is 21.7 Å². The van der Waals surface area contributed by atoms with E-state index in [2.05, 4.69) is 15.9 Å². The molecule has 0 heterocycles. The molecule has 4 nitrogen and oxygen atoms in total. The lowest BCUT2D eigenvalue weighted by molar-refractivity contribution is 0.111. The van der Waals surface area contributed by atoms with E-state index in [0.29, 0.717) is 28.0 Å². The molecule has 0 bridgehead atoms. The predicted molar refractivity (Wildman–Crippen MR) is 74.6 cm³/mol. The molecule has 0 atom stereocenters. The molecule has 0 unspecified atom stereocenters. The molecule has 0 amide bonds. The molecule has 0 saturated carbocycles. The Morgan fingerprint density at radius 1 is 1.33 bits per heavy atom. The van der Waals surface area contributed by atoms with Crippen LogP contribution in [-0.2, 0) is 6.42 Å². The number of carbonyl (C=O) groups excluding carboxylic acids is 1. The standard InChI is InChI=1S/C13H18BrNO3/c1-13(2,15)6-8-5-10(14)9(7-16)12(18-4)11(8)17-3/h5,7H,6,15H2,1-4H3. The number of ether oxygens (including phenoxy) is 2. The number of benzene rings is 1. The maximum atomic E-state index is 11.1. The van der Waals surface area contributed by atoms with Crippen molar-refractivity contribution in [2.75, 3.05) is 14.2 Å². The summed E-state index contributed by atoms with van der Waals surface area (Å²) in [4.78, 5) is 11.1. The van der Waals surface area contributed by atoms with Gasteiger partial charge in [-0.05, 0) is 42.3 Å². The summed E-state index contributed by atoms with van der Waals surface area (Å²) < 4.78 is 11.3. The number of methoxy groups -OCH3 is 2. The van der Waals surface area contributed by atoms with E-state index in [9.17, 15) is 4.79 Å². The Balaban J connectivity index is 3.44. The Hall–Kier alpha value is -1.07. The van der Waals surface area contributed by atoms with Gasteiger partial charge in [0.25, 0.3) is 0 Å². The summed E-state index contributed by atoms with van der Waals surface area (Å²) in [6.07, 6.45) is 1.35. The van der Waals surface area contributed by atoms with E-state index < -0.39 is 0 Å². The average molecular weight is 316 g/mol. The first-order valence-electron chi connectivity index (χ1n) is 5.51. The normalized spacial score (nSPS) is 11.2. The zero-order chi connectivity index (χ0) is 13.9. The molecule has 0 spiro atoms. The van der Waals surface area contributed by atoms with Gasteiger partial charge in [0.15, 0.2) is 17.8 Å². The summed E-state index contributed by atoms with van der Waals surface area (Å²) >= 11 is 3.36. The molecule has 18 heavy (non-hydrogen) atoms. The summed E-state index contributed by atoms with van der Waals surface area (Å²) in [5.74, 6) is 0.988. The first kappa shape index (κ1) is 15.0. The fourth-order valence-electron chi connectivity index (χ4n) is 1.83. The van der Waals surface area contributed by atoms with E-state index in [4.69, 9.17) is 15.2 Å². The number of hydrogen-bond acceptors (Lipinski definition) is 4. The molecule has 0 fully saturated rings. The number of nitrogens with two attached hydrogens (primary N) is 1. The van der Waals surface area contributed by atoms with Gasteiger partial charge in [-0.2, -0.15) is 0 Å². The number of carbonyl (C=O) groups is 1. The van der Waals surface area contributed by atoms with Crippen LogP contribution < -0.4 is 15.2 Å².